The minimum atomic E-state index is -0.368. The first-order valence-corrected chi connectivity index (χ1v) is 7.44. The van der Waals surface area contributed by atoms with E-state index in [1.807, 2.05) is 28.8 Å². The second-order valence-electron chi connectivity index (χ2n) is 4.18. The van der Waals surface area contributed by atoms with E-state index in [0.29, 0.717) is 23.7 Å². The number of thioether (sulfide) groups is 1. The number of carbonyl (C=O) groups excluding carboxylic acids is 1. The van der Waals surface area contributed by atoms with Crippen LogP contribution in [0.5, 0.6) is 0 Å². The van der Waals surface area contributed by atoms with Crippen LogP contribution in [0.3, 0.4) is 0 Å². The molecule has 3 heterocycles. The molecule has 3 aromatic rings. The maximum atomic E-state index is 11.8. The topological polar surface area (TPSA) is 69.6 Å². The molecule has 0 saturated carbocycles. The predicted octanol–water partition coefficient (Wildman–Crippen LogP) is 2.79. The summed E-state index contributed by atoms with van der Waals surface area (Å²) in [4.78, 5) is 11.8. The molecule has 0 bridgehead atoms. The minimum absolute atomic E-state index is 0.339. The van der Waals surface area contributed by atoms with Gasteiger partial charge in [-0.05, 0) is 25.1 Å². The number of hydrogen-bond donors (Lipinski definition) is 0. The van der Waals surface area contributed by atoms with Crippen LogP contribution in [0.15, 0.2) is 46.3 Å². The molecule has 0 aliphatic rings. The number of nitrogens with zero attached hydrogens (tertiary/aromatic N) is 3. The Bertz CT molecular complexity index is 766. The molecule has 0 radical (unpaired) electrons. The number of hydrogen-bond acceptors (Lipinski definition) is 6. The van der Waals surface area contributed by atoms with Crippen LogP contribution in [0.1, 0.15) is 23.0 Å². The average Bonchev–Trinajstić information content (AvgIpc) is 3.12. The zero-order valence-electron chi connectivity index (χ0n) is 11.4. The van der Waals surface area contributed by atoms with Crippen molar-refractivity contribution >= 4 is 23.4 Å². The molecule has 0 aromatic carbocycles. The third-order valence-electron chi connectivity index (χ3n) is 2.86. The minimum Gasteiger partial charge on any atom is -0.468 e. The molecule has 0 fully saturated rings. The maximum Gasteiger partial charge on any atom is 0.341 e. The van der Waals surface area contributed by atoms with Crippen molar-refractivity contribution in [2.75, 3.05) is 6.61 Å². The molecule has 7 heteroatoms. The fourth-order valence-corrected chi connectivity index (χ4v) is 2.77. The molecule has 0 spiro atoms. The monoisotopic (exact) mass is 303 g/mol. The van der Waals surface area contributed by atoms with Crippen LogP contribution in [0.25, 0.3) is 5.65 Å². The van der Waals surface area contributed by atoms with Crippen molar-refractivity contribution in [2.24, 2.45) is 0 Å². The highest BCUT2D eigenvalue weighted by Crippen LogP contribution is 2.24. The van der Waals surface area contributed by atoms with Crippen molar-refractivity contribution < 1.29 is 13.9 Å². The third-order valence-corrected chi connectivity index (χ3v) is 3.80. The molecule has 0 amide bonds. The Morgan fingerprint density at radius 1 is 1.38 bits per heavy atom. The first-order valence-electron chi connectivity index (χ1n) is 6.45. The lowest BCUT2D eigenvalue weighted by molar-refractivity contribution is 0.0524. The first kappa shape index (κ1) is 13.7. The smallest absolute Gasteiger partial charge is 0.341 e. The van der Waals surface area contributed by atoms with Crippen LogP contribution < -0.4 is 0 Å². The van der Waals surface area contributed by atoms with Crippen LogP contribution in [-0.4, -0.2) is 27.2 Å². The highest BCUT2D eigenvalue weighted by Gasteiger charge is 2.17. The van der Waals surface area contributed by atoms with Crippen LogP contribution in [0, 0.1) is 0 Å². The Balaban J connectivity index is 1.76. The summed E-state index contributed by atoms with van der Waals surface area (Å²) in [6.07, 6.45) is 3.39. The second kappa shape index (κ2) is 6.01. The van der Waals surface area contributed by atoms with E-state index in [-0.39, 0.29) is 5.97 Å². The molecule has 0 unspecified atom stereocenters. The Morgan fingerprint density at radius 3 is 3.14 bits per heavy atom. The number of rotatable bonds is 5. The number of carbonyl (C=O) groups is 1. The lowest BCUT2D eigenvalue weighted by Gasteiger charge is -2.02. The van der Waals surface area contributed by atoms with Gasteiger partial charge in [-0.25, -0.2) is 4.79 Å². The Labute approximate surface area is 125 Å². The number of esters is 1. The third kappa shape index (κ3) is 2.78. The van der Waals surface area contributed by atoms with Gasteiger partial charge in [0.2, 0.25) is 0 Å². The van der Waals surface area contributed by atoms with Crippen molar-refractivity contribution in [3.8, 4) is 0 Å². The van der Waals surface area contributed by atoms with E-state index in [0.717, 1.165) is 10.8 Å². The number of ether oxygens (including phenoxy) is 1. The molecule has 21 heavy (non-hydrogen) atoms. The van der Waals surface area contributed by atoms with Gasteiger partial charge < -0.3 is 9.15 Å². The Kier molecular flexibility index (Phi) is 3.92. The standard InChI is InChI=1S/C14H13N3O3S/c1-2-19-13(18)10-6-8-20-11(10)9-21-14-16-15-12-5-3-4-7-17(12)14/h3-8H,2,9H2,1H3. The van der Waals surface area contributed by atoms with E-state index >= 15 is 0 Å². The van der Waals surface area contributed by atoms with Crippen molar-refractivity contribution in [2.45, 2.75) is 17.8 Å². The summed E-state index contributed by atoms with van der Waals surface area (Å²) in [5.74, 6) is 0.690. The molecule has 0 N–H and O–H groups in total. The van der Waals surface area contributed by atoms with Gasteiger partial charge in [0.1, 0.15) is 11.3 Å². The fourth-order valence-electron chi connectivity index (χ4n) is 1.89. The van der Waals surface area contributed by atoms with Crippen LogP contribution in [0.4, 0.5) is 0 Å². The normalized spacial score (nSPS) is 10.9. The molecule has 3 aromatic heterocycles. The molecule has 108 valence electrons. The van der Waals surface area contributed by atoms with Gasteiger partial charge in [-0.2, -0.15) is 0 Å². The van der Waals surface area contributed by atoms with Crippen LogP contribution >= 0.6 is 11.8 Å². The van der Waals surface area contributed by atoms with E-state index in [9.17, 15) is 4.79 Å². The molecule has 6 nitrogen and oxygen atoms in total. The van der Waals surface area contributed by atoms with Crippen LogP contribution in [0.2, 0.25) is 0 Å². The SMILES string of the molecule is CCOC(=O)c1ccoc1CSc1nnc2ccccn12. The van der Waals surface area contributed by atoms with Crippen molar-refractivity contribution in [3.05, 3.63) is 48.0 Å². The summed E-state index contributed by atoms with van der Waals surface area (Å²) < 4.78 is 12.2. The summed E-state index contributed by atoms with van der Waals surface area (Å²) in [6.45, 7) is 2.11. The highest BCUT2D eigenvalue weighted by molar-refractivity contribution is 7.98. The van der Waals surface area contributed by atoms with E-state index in [1.54, 1.807) is 13.0 Å². The lowest BCUT2D eigenvalue weighted by atomic mass is 10.3. The molecule has 0 aliphatic carbocycles. The molecule has 3 rings (SSSR count). The number of pyridine rings is 1. The summed E-state index contributed by atoms with van der Waals surface area (Å²) in [7, 11) is 0. The number of aromatic nitrogens is 3. The van der Waals surface area contributed by atoms with Gasteiger partial charge in [0.15, 0.2) is 10.8 Å². The maximum absolute atomic E-state index is 11.8. The first-order chi connectivity index (χ1) is 10.3. The van der Waals surface area contributed by atoms with Gasteiger partial charge in [0.05, 0.1) is 18.6 Å². The van der Waals surface area contributed by atoms with Gasteiger partial charge in [0.25, 0.3) is 0 Å². The molecule has 0 aliphatic heterocycles. The number of furan rings is 1. The zero-order chi connectivity index (χ0) is 14.7. The summed E-state index contributed by atoms with van der Waals surface area (Å²) in [5, 5.41) is 8.95. The fraction of sp³-hybridized carbons (Fsp3) is 0.214. The van der Waals surface area contributed by atoms with Gasteiger partial charge in [0, 0.05) is 6.20 Å². The van der Waals surface area contributed by atoms with Crippen molar-refractivity contribution in [3.63, 3.8) is 0 Å². The molecular formula is C14H13N3O3S. The summed E-state index contributed by atoms with van der Waals surface area (Å²) in [6, 6.07) is 7.32. The van der Waals surface area contributed by atoms with E-state index < -0.39 is 0 Å². The van der Waals surface area contributed by atoms with E-state index in [4.69, 9.17) is 9.15 Å². The average molecular weight is 303 g/mol. The molecule has 0 saturated heterocycles. The van der Waals surface area contributed by atoms with Crippen LogP contribution in [-0.2, 0) is 10.5 Å². The Hall–Kier alpha value is -2.28. The van der Waals surface area contributed by atoms with Crippen molar-refractivity contribution in [1.29, 1.82) is 0 Å². The van der Waals surface area contributed by atoms with E-state index in [1.165, 1.54) is 18.0 Å². The van der Waals surface area contributed by atoms with E-state index in [2.05, 4.69) is 10.2 Å². The van der Waals surface area contributed by atoms with Gasteiger partial charge in [-0.3, -0.25) is 4.40 Å². The van der Waals surface area contributed by atoms with Gasteiger partial charge >= 0.3 is 5.97 Å². The second-order valence-corrected chi connectivity index (χ2v) is 5.12. The zero-order valence-corrected chi connectivity index (χ0v) is 12.2. The molecular weight excluding hydrogens is 290 g/mol. The predicted molar refractivity (Wildman–Crippen MR) is 77.2 cm³/mol. The largest absolute Gasteiger partial charge is 0.468 e. The van der Waals surface area contributed by atoms with Gasteiger partial charge in [-0.1, -0.05) is 17.8 Å². The summed E-state index contributed by atoms with van der Waals surface area (Å²) in [5.41, 5.74) is 1.24. The Morgan fingerprint density at radius 2 is 2.29 bits per heavy atom. The quantitative estimate of drug-likeness (QED) is 0.533. The molecule has 0 atom stereocenters. The van der Waals surface area contributed by atoms with Gasteiger partial charge in [-0.15, -0.1) is 10.2 Å². The summed E-state index contributed by atoms with van der Waals surface area (Å²) >= 11 is 1.45. The van der Waals surface area contributed by atoms with Crippen molar-refractivity contribution in [1.82, 2.24) is 14.6 Å². The number of fused-ring (bicyclic) bond motifs is 1. The highest BCUT2D eigenvalue weighted by atomic mass is 32.2. The lowest BCUT2D eigenvalue weighted by Crippen LogP contribution is -2.05.